The van der Waals surface area contributed by atoms with Crippen molar-refractivity contribution in [2.24, 2.45) is 5.73 Å². The molecule has 70 valence electrons. The first kappa shape index (κ1) is 11.2. The highest BCUT2D eigenvalue weighted by Gasteiger charge is 2.08. The smallest absolute Gasteiger partial charge is 0.248 e. The summed E-state index contributed by atoms with van der Waals surface area (Å²) in [4.78, 5) is 13.0. The summed E-state index contributed by atoms with van der Waals surface area (Å²) >= 11 is 0. The minimum atomic E-state index is 0.0703. The number of hydrogen-bond donors (Lipinski definition) is 1. The third-order valence-electron chi connectivity index (χ3n) is 1.89. The fourth-order valence-electron chi connectivity index (χ4n) is 0.922. The Morgan fingerprint density at radius 3 is 2.17 bits per heavy atom. The van der Waals surface area contributed by atoms with Crippen molar-refractivity contribution in [1.29, 1.82) is 0 Å². The minimum absolute atomic E-state index is 0.0703. The second-order valence-electron chi connectivity index (χ2n) is 3.14. The lowest BCUT2D eigenvalue weighted by Crippen LogP contribution is -2.23. The van der Waals surface area contributed by atoms with Gasteiger partial charge < -0.3 is 10.6 Å². The Labute approximate surface area is 74.2 Å². The average molecular weight is 170 g/mol. The Morgan fingerprint density at radius 2 is 1.83 bits per heavy atom. The van der Waals surface area contributed by atoms with Crippen molar-refractivity contribution < 1.29 is 4.79 Å². The molecule has 0 saturated carbocycles. The molecule has 0 unspecified atom stereocenters. The molecule has 0 aliphatic heterocycles. The van der Waals surface area contributed by atoms with Gasteiger partial charge in [0.25, 0.3) is 0 Å². The van der Waals surface area contributed by atoms with Gasteiger partial charge in [-0.2, -0.15) is 0 Å². The molecule has 0 rings (SSSR count). The molecule has 12 heavy (non-hydrogen) atoms. The lowest BCUT2D eigenvalue weighted by Gasteiger charge is -2.12. The van der Waals surface area contributed by atoms with E-state index < -0.39 is 0 Å². The van der Waals surface area contributed by atoms with Crippen LogP contribution in [0.3, 0.4) is 0 Å². The summed E-state index contributed by atoms with van der Waals surface area (Å²) in [5.74, 6) is 0.0703. The molecule has 0 aliphatic rings. The molecule has 0 spiro atoms. The van der Waals surface area contributed by atoms with Crippen LogP contribution in [-0.2, 0) is 4.79 Å². The normalized spacial score (nSPS) is 12.4. The van der Waals surface area contributed by atoms with E-state index in [1.807, 2.05) is 13.8 Å². The van der Waals surface area contributed by atoms with Gasteiger partial charge in [-0.1, -0.05) is 5.57 Å². The van der Waals surface area contributed by atoms with E-state index >= 15 is 0 Å². The highest BCUT2D eigenvalue weighted by atomic mass is 16.2. The fraction of sp³-hybridized carbons (Fsp3) is 0.667. The highest BCUT2D eigenvalue weighted by Crippen LogP contribution is 2.08. The zero-order chi connectivity index (χ0) is 9.72. The zero-order valence-electron chi connectivity index (χ0n) is 8.35. The van der Waals surface area contributed by atoms with Crippen LogP contribution in [-0.4, -0.2) is 31.4 Å². The molecule has 0 heterocycles. The maximum atomic E-state index is 11.4. The minimum Gasteiger partial charge on any atom is -0.345 e. The van der Waals surface area contributed by atoms with Gasteiger partial charge in [0.2, 0.25) is 5.91 Å². The summed E-state index contributed by atoms with van der Waals surface area (Å²) in [6.45, 7) is 4.39. The summed E-state index contributed by atoms with van der Waals surface area (Å²) in [6.07, 6.45) is 0.797. The van der Waals surface area contributed by atoms with Crippen molar-refractivity contribution in [1.82, 2.24) is 4.90 Å². The number of carbonyl (C=O) groups excluding carboxylic acids is 1. The van der Waals surface area contributed by atoms with E-state index in [1.54, 1.807) is 19.0 Å². The van der Waals surface area contributed by atoms with Crippen molar-refractivity contribution in [2.75, 3.05) is 20.6 Å². The Bertz CT molecular complexity index is 195. The Morgan fingerprint density at radius 1 is 1.33 bits per heavy atom. The molecule has 0 fully saturated rings. The summed E-state index contributed by atoms with van der Waals surface area (Å²) in [5.41, 5.74) is 7.27. The number of nitrogens with two attached hydrogens (primary N) is 1. The Kier molecular flexibility index (Phi) is 4.59. The maximum absolute atomic E-state index is 11.4. The zero-order valence-corrected chi connectivity index (χ0v) is 8.35. The molecule has 3 nitrogen and oxygen atoms in total. The SMILES string of the molecule is CC(CCN)=C(C)C(=O)N(C)C. The predicted octanol–water partition coefficient (Wildman–Crippen LogP) is 0.760. The first-order chi connectivity index (χ1) is 5.50. The molecule has 0 bridgehead atoms. The van der Waals surface area contributed by atoms with E-state index in [0.717, 1.165) is 17.6 Å². The van der Waals surface area contributed by atoms with Gasteiger partial charge >= 0.3 is 0 Å². The molecule has 0 atom stereocenters. The third kappa shape index (κ3) is 3.05. The van der Waals surface area contributed by atoms with Crippen LogP contribution in [0.2, 0.25) is 0 Å². The van der Waals surface area contributed by atoms with E-state index in [9.17, 15) is 4.79 Å². The van der Waals surface area contributed by atoms with Gasteiger partial charge in [0, 0.05) is 19.7 Å². The lowest BCUT2D eigenvalue weighted by atomic mass is 10.1. The topological polar surface area (TPSA) is 46.3 Å². The van der Waals surface area contributed by atoms with E-state index in [-0.39, 0.29) is 5.91 Å². The first-order valence-corrected chi connectivity index (χ1v) is 4.08. The first-order valence-electron chi connectivity index (χ1n) is 4.08. The molecule has 0 aliphatic carbocycles. The molecule has 2 N–H and O–H groups in total. The van der Waals surface area contributed by atoms with Crippen LogP contribution >= 0.6 is 0 Å². The third-order valence-corrected chi connectivity index (χ3v) is 1.89. The van der Waals surface area contributed by atoms with Crippen molar-refractivity contribution in [3.8, 4) is 0 Å². The number of nitrogens with zero attached hydrogens (tertiary/aromatic N) is 1. The van der Waals surface area contributed by atoms with E-state index in [2.05, 4.69) is 0 Å². The van der Waals surface area contributed by atoms with Crippen LogP contribution in [0.25, 0.3) is 0 Å². The monoisotopic (exact) mass is 170 g/mol. The van der Waals surface area contributed by atoms with Crippen LogP contribution in [0.1, 0.15) is 20.3 Å². The predicted molar refractivity (Wildman–Crippen MR) is 50.7 cm³/mol. The largest absolute Gasteiger partial charge is 0.345 e. The van der Waals surface area contributed by atoms with Crippen LogP contribution in [0.4, 0.5) is 0 Å². The van der Waals surface area contributed by atoms with Crippen LogP contribution in [0.15, 0.2) is 11.1 Å². The van der Waals surface area contributed by atoms with Gasteiger partial charge in [-0.3, -0.25) is 4.79 Å². The molecule has 0 saturated heterocycles. The van der Waals surface area contributed by atoms with Gasteiger partial charge in [0.05, 0.1) is 0 Å². The van der Waals surface area contributed by atoms with E-state index in [1.165, 1.54) is 0 Å². The van der Waals surface area contributed by atoms with Crippen LogP contribution in [0, 0.1) is 0 Å². The van der Waals surface area contributed by atoms with E-state index in [0.29, 0.717) is 6.54 Å². The van der Waals surface area contributed by atoms with Gasteiger partial charge in [-0.15, -0.1) is 0 Å². The number of rotatable bonds is 3. The van der Waals surface area contributed by atoms with Crippen molar-refractivity contribution in [2.45, 2.75) is 20.3 Å². The van der Waals surface area contributed by atoms with Crippen LogP contribution < -0.4 is 5.73 Å². The van der Waals surface area contributed by atoms with E-state index in [4.69, 9.17) is 5.73 Å². The lowest BCUT2D eigenvalue weighted by molar-refractivity contribution is -0.124. The number of carbonyl (C=O) groups is 1. The molecule has 1 amide bonds. The molecule has 0 aromatic carbocycles. The standard InChI is InChI=1S/C9H18N2O/c1-7(5-6-10)8(2)9(12)11(3)4/h5-6,10H2,1-4H3. The molecule has 3 heteroatoms. The average Bonchev–Trinajstić information content (AvgIpc) is 2.02. The molecule has 0 aromatic heterocycles. The van der Waals surface area contributed by atoms with Crippen molar-refractivity contribution >= 4 is 5.91 Å². The molecule has 0 radical (unpaired) electrons. The van der Waals surface area contributed by atoms with Crippen LogP contribution in [0.5, 0.6) is 0 Å². The van der Waals surface area contributed by atoms with Crippen molar-refractivity contribution in [3.63, 3.8) is 0 Å². The second-order valence-corrected chi connectivity index (χ2v) is 3.14. The summed E-state index contributed by atoms with van der Waals surface area (Å²) < 4.78 is 0. The fourth-order valence-corrected chi connectivity index (χ4v) is 0.922. The Hall–Kier alpha value is -0.830. The molecular formula is C9H18N2O. The quantitative estimate of drug-likeness (QED) is 0.636. The second kappa shape index (κ2) is 4.93. The summed E-state index contributed by atoms with van der Waals surface area (Å²) in [5, 5.41) is 0. The number of likely N-dealkylation sites (N-methyl/N-ethyl adjacent to an activating group) is 1. The summed E-state index contributed by atoms with van der Waals surface area (Å²) in [7, 11) is 3.50. The number of amides is 1. The summed E-state index contributed by atoms with van der Waals surface area (Å²) in [6, 6.07) is 0. The number of hydrogen-bond acceptors (Lipinski definition) is 2. The molecular weight excluding hydrogens is 152 g/mol. The highest BCUT2D eigenvalue weighted by molar-refractivity contribution is 5.93. The molecule has 0 aromatic rings. The Balaban J connectivity index is 4.43. The van der Waals surface area contributed by atoms with Gasteiger partial charge in [-0.05, 0) is 26.8 Å². The van der Waals surface area contributed by atoms with Gasteiger partial charge in [0.1, 0.15) is 0 Å². The van der Waals surface area contributed by atoms with Crippen molar-refractivity contribution in [3.05, 3.63) is 11.1 Å². The van der Waals surface area contributed by atoms with Gasteiger partial charge in [-0.25, -0.2) is 0 Å². The maximum Gasteiger partial charge on any atom is 0.248 e. The van der Waals surface area contributed by atoms with Gasteiger partial charge in [0.15, 0.2) is 0 Å².